The van der Waals surface area contributed by atoms with E-state index in [0.29, 0.717) is 5.92 Å². The summed E-state index contributed by atoms with van der Waals surface area (Å²) in [5.74, 6) is 0.513. The standard InChI is InChI=1S/C21H19N/c1-15(2)17-12-8-14-20-21(17)18-11-6-7-13-19(18)22(20)16-9-4-3-5-10-16/h3-15H,1-2H3. The first-order chi connectivity index (χ1) is 10.8. The molecule has 108 valence electrons. The minimum atomic E-state index is 0.513. The van der Waals surface area contributed by atoms with Gasteiger partial charge in [0.2, 0.25) is 0 Å². The maximum atomic E-state index is 2.37. The Morgan fingerprint density at radius 3 is 2.14 bits per heavy atom. The SMILES string of the molecule is CC(C)c1cccc2c1c1ccccc1n2-c1ccccc1. The van der Waals surface area contributed by atoms with Gasteiger partial charge in [-0.3, -0.25) is 0 Å². The summed E-state index contributed by atoms with van der Waals surface area (Å²) in [6.07, 6.45) is 0. The molecule has 22 heavy (non-hydrogen) atoms. The van der Waals surface area contributed by atoms with E-state index in [4.69, 9.17) is 0 Å². The number of fused-ring (bicyclic) bond motifs is 3. The molecule has 0 N–H and O–H groups in total. The van der Waals surface area contributed by atoms with E-state index in [1.807, 2.05) is 0 Å². The molecular formula is C21H19N. The Hall–Kier alpha value is -2.54. The molecule has 0 aliphatic heterocycles. The summed E-state index contributed by atoms with van der Waals surface area (Å²) in [7, 11) is 0. The number of nitrogens with zero attached hydrogens (tertiary/aromatic N) is 1. The first-order valence-electron chi connectivity index (χ1n) is 7.85. The van der Waals surface area contributed by atoms with Crippen LogP contribution in [0.15, 0.2) is 72.8 Å². The van der Waals surface area contributed by atoms with Crippen LogP contribution in [0.1, 0.15) is 25.3 Å². The fraction of sp³-hybridized carbons (Fsp3) is 0.143. The van der Waals surface area contributed by atoms with Crippen LogP contribution >= 0.6 is 0 Å². The van der Waals surface area contributed by atoms with Crippen LogP contribution in [-0.2, 0) is 0 Å². The summed E-state index contributed by atoms with van der Waals surface area (Å²) in [6.45, 7) is 4.53. The largest absolute Gasteiger partial charge is 0.309 e. The molecule has 0 aliphatic carbocycles. The van der Waals surface area contributed by atoms with Gasteiger partial charge < -0.3 is 4.57 Å². The average molecular weight is 285 g/mol. The smallest absolute Gasteiger partial charge is 0.0543 e. The lowest BCUT2D eigenvalue weighted by molar-refractivity contribution is 0.877. The second-order valence-corrected chi connectivity index (χ2v) is 6.08. The van der Waals surface area contributed by atoms with Gasteiger partial charge in [-0.1, -0.05) is 62.4 Å². The molecule has 4 rings (SSSR count). The fourth-order valence-electron chi connectivity index (χ4n) is 3.38. The maximum absolute atomic E-state index is 2.37. The van der Waals surface area contributed by atoms with Crippen LogP contribution in [0.2, 0.25) is 0 Å². The molecule has 0 fully saturated rings. The summed E-state index contributed by atoms with van der Waals surface area (Å²) in [6, 6.07) is 26.0. The molecule has 1 nitrogen and oxygen atoms in total. The molecule has 0 bridgehead atoms. The Bertz CT molecular complexity index is 946. The summed E-state index contributed by atoms with van der Waals surface area (Å²) < 4.78 is 2.37. The molecule has 3 aromatic carbocycles. The third-order valence-electron chi connectivity index (χ3n) is 4.37. The molecule has 4 aromatic rings. The highest BCUT2D eigenvalue weighted by Gasteiger charge is 2.15. The van der Waals surface area contributed by atoms with Crippen LogP contribution in [0.25, 0.3) is 27.5 Å². The molecular weight excluding hydrogens is 266 g/mol. The van der Waals surface area contributed by atoms with Gasteiger partial charge in [-0.2, -0.15) is 0 Å². The van der Waals surface area contributed by atoms with Gasteiger partial charge in [-0.05, 0) is 35.7 Å². The Balaban J connectivity index is 2.22. The van der Waals surface area contributed by atoms with Crippen molar-refractivity contribution in [1.29, 1.82) is 0 Å². The van der Waals surface area contributed by atoms with E-state index >= 15 is 0 Å². The first kappa shape index (κ1) is 13.1. The number of para-hydroxylation sites is 2. The Labute approximate surface area is 130 Å². The van der Waals surface area contributed by atoms with E-state index in [0.717, 1.165) is 0 Å². The minimum Gasteiger partial charge on any atom is -0.309 e. The van der Waals surface area contributed by atoms with E-state index in [9.17, 15) is 0 Å². The van der Waals surface area contributed by atoms with Crippen molar-refractivity contribution in [2.24, 2.45) is 0 Å². The van der Waals surface area contributed by atoms with Crippen molar-refractivity contribution < 1.29 is 0 Å². The second-order valence-electron chi connectivity index (χ2n) is 6.08. The number of benzene rings is 3. The molecule has 0 atom stereocenters. The fourth-order valence-corrected chi connectivity index (χ4v) is 3.38. The highest BCUT2D eigenvalue weighted by molar-refractivity contribution is 6.11. The zero-order valence-electron chi connectivity index (χ0n) is 13.0. The van der Waals surface area contributed by atoms with Crippen molar-refractivity contribution >= 4 is 21.8 Å². The van der Waals surface area contributed by atoms with E-state index < -0.39 is 0 Å². The molecule has 1 heteroatoms. The van der Waals surface area contributed by atoms with Crippen LogP contribution < -0.4 is 0 Å². The quantitative estimate of drug-likeness (QED) is 0.431. The summed E-state index contributed by atoms with van der Waals surface area (Å²) in [5, 5.41) is 2.72. The van der Waals surface area contributed by atoms with Crippen LogP contribution in [0.3, 0.4) is 0 Å². The number of rotatable bonds is 2. The second kappa shape index (κ2) is 5.03. The topological polar surface area (TPSA) is 4.93 Å². The van der Waals surface area contributed by atoms with Crippen molar-refractivity contribution in [1.82, 2.24) is 4.57 Å². The molecule has 0 amide bonds. The van der Waals surface area contributed by atoms with Gasteiger partial charge in [0.05, 0.1) is 11.0 Å². The number of hydrogen-bond acceptors (Lipinski definition) is 0. The summed E-state index contributed by atoms with van der Waals surface area (Å²) in [5.41, 5.74) is 5.20. The highest BCUT2D eigenvalue weighted by Crippen LogP contribution is 2.36. The van der Waals surface area contributed by atoms with Gasteiger partial charge in [0, 0.05) is 16.5 Å². The predicted molar refractivity (Wildman–Crippen MR) is 94.9 cm³/mol. The number of hydrogen-bond donors (Lipinski definition) is 0. The van der Waals surface area contributed by atoms with Gasteiger partial charge in [-0.15, -0.1) is 0 Å². The highest BCUT2D eigenvalue weighted by atomic mass is 15.0. The van der Waals surface area contributed by atoms with Crippen LogP contribution in [0.4, 0.5) is 0 Å². The summed E-state index contributed by atoms with van der Waals surface area (Å²) in [4.78, 5) is 0. The van der Waals surface area contributed by atoms with Gasteiger partial charge >= 0.3 is 0 Å². The van der Waals surface area contributed by atoms with Crippen LogP contribution in [-0.4, -0.2) is 4.57 Å². The molecule has 0 spiro atoms. The van der Waals surface area contributed by atoms with Gasteiger partial charge in [0.15, 0.2) is 0 Å². The third kappa shape index (κ3) is 1.86. The van der Waals surface area contributed by atoms with Crippen LogP contribution in [0, 0.1) is 0 Å². The van der Waals surface area contributed by atoms with Gasteiger partial charge in [0.1, 0.15) is 0 Å². The van der Waals surface area contributed by atoms with Gasteiger partial charge in [-0.25, -0.2) is 0 Å². The lowest BCUT2D eigenvalue weighted by atomic mass is 9.97. The van der Waals surface area contributed by atoms with E-state index in [-0.39, 0.29) is 0 Å². The monoisotopic (exact) mass is 285 g/mol. The molecule has 0 saturated heterocycles. The maximum Gasteiger partial charge on any atom is 0.0543 e. The lowest BCUT2D eigenvalue weighted by Crippen LogP contribution is -1.93. The van der Waals surface area contributed by atoms with E-state index in [2.05, 4.69) is 91.2 Å². The predicted octanol–water partition coefficient (Wildman–Crippen LogP) is 5.91. The van der Waals surface area contributed by atoms with Crippen molar-refractivity contribution in [3.63, 3.8) is 0 Å². The van der Waals surface area contributed by atoms with Crippen molar-refractivity contribution in [3.8, 4) is 5.69 Å². The van der Waals surface area contributed by atoms with Crippen molar-refractivity contribution in [3.05, 3.63) is 78.4 Å². The van der Waals surface area contributed by atoms with E-state index in [1.165, 1.54) is 33.1 Å². The molecule has 1 heterocycles. The van der Waals surface area contributed by atoms with Gasteiger partial charge in [0.25, 0.3) is 0 Å². The Kier molecular flexibility index (Phi) is 3.00. The first-order valence-corrected chi connectivity index (χ1v) is 7.85. The van der Waals surface area contributed by atoms with Crippen LogP contribution in [0.5, 0.6) is 0 Å². The minimum absolute atomic E-state index is 0.513. The molecule has 1 aromatic heterocycles. The Morgan fingerprint density at radius 2 is 1.36 bits per heavy atom. The molecule has 0 unspecified atom stereocenters. The van der Waals surface area contributed by atoms with E-state index in [1.54, 1.807) is 0 Å². The summed E-state index contributed by atoms with van der Waals surface area (Å²) >= 11 is 0. The molecule has 0 aliphatic rings. The third-order valence-corrected chi connectivity index (χ3v) is 4.37. The van der Waals surface area contributed by atoms with Crippen molar-refractivity contribution in [2.75, 3.05) is 0 Å². The lowest BCUT2D eigenvalue weighted by Gasteiger charge is -2.09. The Morgan fingerprint density at radius 1 is 0.682 bits per heavy atom. The normalized spacial score (nSPS) is 11.6. The molecule has 0 radical (unpaired) electrons. The zero-order valence-corrected chi connectivity index (χ0v) is 13.0. The average Bonchev–Trinajstić information content (AvgIpc) is 2.90. The zero-order chi connectivity index (χ0) is 15.1. The van der Waals surface area contributed by atoms with Crippen molar-refractivity contribution in [2.45, 2.75) is 19.8 Å². The molecule has 0 saturated carbocycles. The number of aromatic nitrogens is 1.